The Kier molecular flexibility index (Phi) is 5.82. The molecule has 36 heavy (non-hydrogen) atoms. The summed E-state index contributed by atoms with van der Waals surface area (Å²) in [5.41, 5.74) is 4.29. The third-order valence-electron chi connectivity index (χ3n) is 7.98. The van der Waals surface area contributed by atoms with E-state index in [4.69, 9.17) is 9.97 Å². The second-order valence-corrected chi connectivity index (χ2v) is 10.2. The summed E-state index contributed by atoms with van der Waals surface area (Å²) in [6.07, 6.45) is 8.79. The van der Waals surface area contributed by atoms with Gasteiger partial charge in [-0.1, -0.05) is 38.5 Å². The van der Waals surface area contributed by atoms with Gasteiger partial charge in [0, 0.05) is 60.3 Å². The molecule has 2 aliphatic heterocycles. The van der Waals surface area contributed by atoms with Crippen molar-refractivity contribution in [2.24, 2.45) is 0 Å². The Balaban J connectivity index is 1.26. The Labute approximate surface area is 212 Å². The zero-order valence-corrected chi connectivity index (χ0v) is 21.4. The SMILES string of the molecule is CCCC(C)N1C(=O)c2cccc3c(C4CCN(c5cc6nc(CC)ncc6cn5)CC4)ccc1c23. The van der Waals surface area contributed by atoms with Gasteiger partial charge in [0.2, 0.25) is 0 Å². The lowest BCUT2D eigenvalue weighted by atomic mass is 9.85. The summed E-state index contributed by atoms with van der Waals surface area (Å²) in [7, 11) is 0. The molecule has 4 heterocycles. The van der Waals surface area contributed by atoms with Crippen LogP contribution in [0.3, 0.4) is 0 Å². The smallest absolute Gasteiger partial charge is 0.259 e. The maximum Gasteiger partial charge on any atom is 0.259 e. The normalized spacial score (nSPS) is 16.9. The number of aryl methyl sites for hydroxylation is 1. The van der Waals surface area contributed by atoms with E-state index in [1.165, 1.54) is 10.9 Å². The van der Waals surface area contributed by atoms with Gasteiger partial charge in [-0.25, -0.2) is 15.0 Å². The second kappa shape index (κ2) is 9.16. The lowest BCUT2D eigenvalue weighted by molar-refractivity contribution is 0.0984. The first-order valence-corrected chi connectivity index (χ1v) is 13.3. The zero-order chi connectivity index (χ0) is 24.8. The van der Waals surface area contributed by atoms with Gasteiger partial charge in [0.1, 0.15) is 11.6 Å². The highest BCUT2D eigenvalue weighted by Gasteiger charge is 2.34. The number of pyridine rings is 1. The summed E-state index contributed by atoms with van der Waals surface area (Å²) < 4.78 is 0. The van der Waals surface area contributed by atoms with Crippen molar-refractivity contribution in [3.63, 3.8) is 0 Å². The molecule has 6 rings (SSSR count). The number of hydrogen-bond donors (Lipinski definition) is 0. The minimum Gasteiger partial charge on any atom is -0.357 e. The highest BCUT2D eigenvalue weighted by atomic mass is 16.2. The Morgan fingerprint density at radius 3 is 2.64 bits per heavy atom. The summed E-state index contributed by atoms with van der Waals surface area (Å²) >= 11 is 0. The first-order chi connectivity index (χ1) is 17.6. The van der Waals surface area contributed by atoms with Crippen LogP contribution in [0.4, 0.5) is 11.5 Å². The molecule has 0 spiro atoms. The Hall–Kier alpha value is -3.54. The highest BCUT2D eigenvalue weighted by Crippen LogP contribution is 2.43. The predicted octanol–water partition coefficient (Wildman–Crippen LogP) is 6.27. The number of benzene rings is 2. The van der Waals surface area contributed by atoms with Crippen molar-refractivity contribution in [3.05, 3.63) is 65.7 Å². The zero-order valence-electron chi connectivity index (χ0n) is 21.4. The summed E-state index contributed by atoms with van der Waals surface area (Å²) in [5, 5.41) is 3.37. The van der Waals surface area contributed by atoms with Crippen LogP contribution in [0.1, 0.15) is 74.1 Å². The van der Waals surface area contributed by atoms with Crippen molar-refractivity contribution in [2.75, 3.05) is 22.9 Å². The third-order valence-corrected chi connectivity index (χ3v) is 7.98. The molecule has 1 saturated heterocycles. The average Bonchev–Trinajstić information content (AvgIpc) is 3.21. The average molecular weight is 480 g/mol. The molecule has 0 radical (unpaired) electrons. The lowest BCUT2D eigenvalue weighted by Crippen LogP contribution is -2.35. The van der Waals surface area contributed by atoms with E-state index in [1.807, 2.05) is 23.4 Å². The Morgan fingerprint density at radius 1 is 1.06 bits per heavy atom. The van der Waals surface area contributed by atoms with E-state index >= 15 is 0 Å². The van der Waals surface area contributed by atoms with Gasteiger partial charge in [-0.15, -0.1) is 0 Å². The van der Waals surface area contributed by atoms with Gasteiger partial charge in [0.15, 0.2) is 0 Å². The Morgan fingerprint density at radius 2 is 1.86 bits per heavy atom. The number of hydrogen-bond acceptors (Lipinski definition) is 5. The van der Waals surface area contributed by atoms with Gasteiger partial charge in [-0.2, -0.15) is 0 Å². The topological polar surface area (TPSA) is 62.2 Å². The molecule has 184 valence electrons. The van der Waals surface area contributed by atoms with Gasteiger partial charge < -0.3 is 9.80 Å². The largest absolute Gasteiger partial charge is 0.357 e. The van der Waals surface area contributed by atoms with E-state index < -0.39 is 0 Å². The van der Waals surface area contributed by atoms with Gasteiger partial charge in [-0.05, 0) is 55.2 Å². The van der Waals surface area contributed by atoms with Crippen LogP contribution >= 0.6 is 0 Å². The van der Waals surface area contributed by atoms with E-state index in [9.17, 15) is 4.79 Å². The van der Waals surface area contributed by atoms with Crippen LogP contribution in [0.25, 0.3) is 21.7 Å². The van der Waals surface area contributed by atoms with Crippen LogP contribution in [0, 0.1) is 0 Å². The molecule has 2 aliphatic rings. The van der Waals surface area contributed by atoms with Crippen LogP contribution < -0.4 is 9.80 Å². The predicted molar refractivity (Wildman–Crippen MR) is 146 cm³/mol. The molecule has 0 aliphatic carbocycles. The third kappa shape index (κ3) is 3.71. The van der Waals surface area contributed by atoms with E-state index in [1.54, 1.807) is 0 Å². The van der Waals surface area contributed by atoms with Gasteiger partial charge in [-0.3, -0.25) is 4.79 Å². The van der Waals surface area contributed by atoms with Crippen molar-refractivity contribution in [3.8, 4) is 0 Å². The number of carbonyl (C=O) groups excluding carboxylic acids is 1. The molecule has 0 N–H and O–H groups in total. The fraction of sp³-hybridized carbons (Fsp3) is 0.400. The molecule has 2 aromatic carbocycles. The number of aromatic nitrogens is 3. The lowest BCUT2D eigenvalue weighted by Gasteiger charge is -2.33. The van der Waals surface area contributed by atoms with Crippen LogP contribution in [-0.2, 0) is 6.42 Å². The summed E-state index contributed by atoms with van der Waals surface area (Å²) in [4.78, 5) is 31.5. The van der Waals surface area contributed by atoms with E-state index in [-0.39, 0.29) is 11.9 Å². The fourth-order valence-corrected chi connectivity index (χ4v) is 6.09. The molecule has 0 saturated carbocycles. The molecule has 1 atom stereocenters. The van der Waals surface area contributed by atoms with Crippen LogP contribution in [0.2, 0.25) is 0 Å². The van der Waals surface area contributed by atoms with E-state index in [0.29, 0.717) is 5.92 Å². The van der Waals surface area contributed by atoms with Crippen LogP contribution in [0.15, 0.2) is 48.8 Å². The van der Waals surface area contributed by atoms with Gasteiger partial charge >= 0.3 is 0 Å². The molecule has 4 aromatic rings. The molecule has 2 aromatic heterocycles. The quantitative estimate of drug-likeness (QED) is 0.326. The number of fused-ring (bicyclic) bond motifs is 1. The van der Waals surface area contributed by atoms with E-state index in [0.717, 1.165) is 84.4 Å². The van der Waals surface area contributed by atoms with Gasteiger partial charge in [0.05, 0.1) is 11.2 Å². The number of amides is 1. The minimum absolute atomic E-state index is 0.154. The molecule has 6 heteroatoms. The standard InChI is InChI=1S/C30H33N5O/c1-4-7-19(3)35-26-11-10-22(23-8-6-9-24(29(23)26)30(35)36)20-12-14-34(15-13-20)28-16-25-21(18-32-28)17-31-27(5-2)33-25/h6,8-11,16-20H,4-5,7,12-15H2,1-3H3. The summed E-state index contributed by atoms with van der Waals surface area (Å²) in [5.74, 6) is 2.48. The first kappa shape index (κ1) is 22.9. The second-order valence-electron chi connectivity index (χ2n) is 10.2. The molecular formula is C30H33N5O. The van der Waals surface area contributed by atoms with Crippen molar-refractivity contribution >= 4 is 39.1 Å². The number of anilines is 2. The number of rotatable bonds is 6. The van der Waals surface area contributed by atoms with Crippen molar-refractivity contribution in [2.45, 2.75) is 64.8 Å². The number of nitrogens with zero attached hydrogens (tertiary/aromatic N) is 5. The van der Waals surface area contributed by atoms with Crippen LogP contribution in [-0.4, -0.2) is 40.0 Å². The molecule has 6 nitrogen and oxygen atoms in total. The number of carbonyl (C=O) groups is 1. The first-order valence-electron chi connectivity index (χ1n) is 13.3. The molecule has 1 fully saturated rings. The van der Waals surface area contributed by atoms with Crippen molar-refractivity contribution in [1.82, 2.24) is 15.0 Å². The maximum atomic E-state index is 13.3. The fourth-order valence-electron chi connectivity index (χ4n) is 6.09. The monoisotopic (exact) mass is 479 g/mol. The molecular weight excluding hydrogens is 446 g/mol. The molecule has 1 unspecified atom stereocenters. The molecule has 1 amide bonds. The minimum atomic E-state index is 0.154. The molecule has 0 bridgehead atoms. The van der Waals surface area contributed by atoms with Crippen molar-refractivity contribution in [1.29, 1.82) is 0 Å². The van der Waals surface area contributed by atoms with Crippen LogP contribution in [0.5, 0.6) is 0 Å². The summed E-state index contributed by atoms with van der Waals surface area (Å²) in [6.45, 7) is 8.33. The Bertz CT molecular complexity index is 1460. The maximum absolute atomic E-state index is 13.3. The highest BCUT2D eigenvalue weighted by molar-refractivity contribution is 6.25. The van der Waals surface area contributed by atoms with Gasteiger partial charge in [0.25, 0.3) is 5.91 Å². The number of piperidine rings is 1. The van der Waals surface area contributed by atoms with Crippen molar-refractivity contribution < 1.29 is 4.79 Å². The summed E-state index contributed by atoms with van der Waals surface area (Å²) in [6, 6.07) is 13.0. The van der Waals surface area contributed by atoms with E-state index in [2.05, 4.69) is 61.0 Å².